The summed E-state index contributed by atoms with van der Waals surface area (Å²) in [4.78, 5) is 13.4. The summed E-state index contributed by atoms with van der Waals surface area (Å²) in [6.07, 6.45) is 0.536. The Morgan fingerprint density at radius 1 is 0.891 bits per heavy atom. The van der Waals surface area contributed by atoms with Crippen LogP contribution in [0.15, 0.2) is 11.6 Å². The SMILES string of the molecule is CC1(C)C[C@@H]2C3=CC[C@@H]4[C@@]5(C)CC[C@H](O)[C@@](C)(CO)[C@H]5CC[C@@]4(C)[C@]3(C)CC[C@@]2(C(=O)O)C[C@@H]1O[C@@H]1O[C@H](CO)[C@@H](O)[C@H](O)[C@H]1O. The molecule has 1 aliphatic heterocycles. The van der Waals surface area contributed by atoms with Crippen molar-refractivity contribution in [1.82, 2.24) is 0 Å². The molecule has 6 aliphatic rings. The number of hydrogen-bond acceptors (Lipinski definition) is 9. The van der Waals surface area contributed by atoms with Gasteiger partial charge >= 0.3 is 5.97 Å². The lowest BCUT2D eigenvalue weighted by atomic mass is 9.33. The van der Waals surface area contributed by atoms with E-state index in [0.717, 1.165) is 32.1 Å². The molecule has 10 nitrogen and oxygen atoms in total. The lowest BCUT2D eigenvalue weighted by Crippen LogP contribution is -2.66. The Hall–Kier alpha value is -1.11. The van der Waals surface area contributed by atoms with Crippen molar-refractivity contribution in [2.45, 2.75) is 142 Å². The molecule has 5 fully saturated rings. The highest BCUT2D eigenvalue weighted by Gasteiger charge is 2.70. The van der Waals surface area contributed by atoms with Gasteiger partial charge in [-0.1, -0.05) is 53.2 Å². The van der Waals surface area contributed by atoms with E-state index in [-0.39, 0.29) is 41.1 Å². The van der Waals surface area contributed by atoms with Crippen LogP contribution in [0, 0.1) is 50.2 Å². The maximum atomic E-state index is 13.4. The van der Waals surface area contributed by atoms with Crippen molar-refractivity contribution in [3.05, 3.63) is 11.6 Å². The van der Waals surface area contributed by atoms with Crippen LogP contribution < -0.4 is 0 Å². The molecule has 0 aromatic rings. The minimum Gasteiger partial charge on any atom is -0.481 e. The second kappa shape index (κ2) is 11.2. The van der Waals surface area contributed by atoms with E-state index < -0.39 is 71.7 Å². The van der Waals surface area contributed by atoms with Gasteiger partial charge in [-0.25, -0.2) is 0 Å². The Kier molecular flexibility index (Phi) is 8.46. The van der Waals surface area contributed by atoms with E-state index in [1.807, 2.05) is 0 Å². The summed E-state index contributed by atoms with van der Waals surface area (Å²) in [5.41, 5.74) is -1.19. The largest absolute Gasteiger partial charge is 0.481 e. The van der Waals surface area contributed by atoms with Crippen molar-refractivity contribution in [2.75, 3.05) is 13.2 Å². The molecule has 0 aromatic carbocycles. The standard InChI is InChI=1S/C36H58O10/c1-31(2)15-20-19-7-8-23-32(3)11-10-24(39)33(4,18-38)22(32)9-12-35(23,6)34(19,5)13-14-36(20,30(43)44)16-25(31)46-29-28(42)27(41)26(40)21(17-37)45-29/h7,20-29,37-42H,8-18H2,1-6H3,(H,43,44)/t20-,21-,22+,23-,24+,25+,26-,27+,28-,29+,32+,33+,34-,35-,36-/m1/s1. The van der Waals surface area contributed by atoms with E-state index in [1.54, 1.807) is 0 Å². The number of carbonyl (C=O) groups is 1. The van der Waals surface area contributed by atoms with Crippen molar-refractivity contribution in [3.63, 3.8) is 0 Å². The summed E-state index contributed by atoms with van der Waals surface area (Å²) < 4.78 is 12.0. The van der Waals surface area contributed by atoms with Crippen LogP contribution in [0.2, 0.25) is 0 Å². The van der Waals surface area contributed by atoms with Crippen LogP contribution in [0.4, 0.5) is 0 Å². The molecule has 0 spiro atoms. The van der Waals surface area contributed by atoms with Crippen LogP contribution in [-0.4, -0.2) is 97.8 Å². The minimum atomic E-state index is -1.57. The second-order valence-electron chi connectivity index (χ2n) is 17.7. The van der Waals surface area contributed by atoms with E-state index >= 15 is 0 Å². The quantitative estimate of drug-likeness (QED) is 0.173. The second-order valence-corrected chi connectivity index (χ2v) is 17.7. The van der Waals surface area contributed by atoms with Crippen LogP contribution in [0.1, 0.15) is 99.3 Å². The predicted molar refractivity (Wildman–Crippen MR) is 168 cm³/mol. The van der Waals surface area contributed by atoms with Gasteiger partial charge in [0, 0.05) is 5.41 Å². The fourth-order valence-electron chi connectivity index (χ4n) is 12.2. The molecule has 0 radical (unpaired) electrons. The van der Waals surface area contributed by atoms with E-state index in [0.29, 0.717) is 25.2 Å². The van der Waals surface area contributed by atoms with Crippen molar-refractivity contribution in [3.8, 4) is 0 Å². The number of hydrogen-bond donors (Lipinski definition) is 7. The lowest BCUT2D eigenvalue weighted by molar-refractivity contribution is -0.325. The third kappa shape index (κ3) is 4.53. The number of ether oxygens (including phenoxy) is 2. The van der Waals surface area contributed by atoms with Gasteiger partial charge in [-0.2, -0.15) is 0 Å². The molecule has 1 saturated heterocycles. The number of aliphatic hydroxyl groups excluding tert-OH is 6. The molecule has 262 valence electrons. The molecule has 1 heterocycles. The van der Waals surface area contributed by atoms with Gasteiger partial charge < -0.3 is 45.2 Å². The van der Waals surface area contributed by atoms with Gasteiger partial charge in [0.15, 0.2) is 6.29 Å². The summed E-state index contributed by atoms with van der Waals surface area (Å²) in [5, 5.41) is 73.6. The van der Waals surface area contributed by atoms with Gasteiger partial charge in [-0.3, -0.25) is 4.79 Å². The lowest BCUT2D eigenvalue weighted by Gasteiger charge is -2.71. The molecule has 10 heteroatoms. The smallest absolute Gasteiger partial charge is 0.310 e. The van der Waals surface area contributed by atoms with Crippen LogP contribution in [-0.2, 0) is 14.3 Å². The first-order chi connectivity index (χ1) is 21.4. The molecule has 0 amide bonds. The van der Waals surface area contributed by atoms with E-state index in [1.165, 1.54) is 5.57 Å². The Bertz CT molecular complexity index is 1240. The first kappa shape index (κ1) is 34.7. The van der Waals surface area contributed by atoms with Gasteiger partial charge in [0.25, 0.3) is 0 Å². The zero-order valence-electron chi connectivity index (χ0n) is 28.5. The van der Waals surface area contributed by atoms with E-state index in [9.17, 15) is 40.5 Å². The van der Waals surface area contributed by atoms with Crippen molar-refractivity contribution >= 4 is 5.97 Å². The number of aliphatic carboxylic acids is 1. The molecule has 4 saturated carbocycles. The summed E-state index contributed by atoms with van der Waals surface area (Å²) in [7, 11) is 0. The third-order valence-corrected chi connectivity index (χ3v) is 15.5. The molecule has 7 N–H and O–H groups in total. The molecule has 5 aliphatic carbocycles. The highest BCUT2D eigenvalue weighted by molar-refractivity contribution is 5.77. The third-order valence-electron chi connectivity index (χ3n) is 15.5. The summed E-state index contributed by atoms with van der Waals surface area (Å²) in [6, 6.07) is 0. The molecule has 46 heavy (non-hydrogen) atoms. The molecular weight excluding hydrogens is 592 g/mol. The van der Waals surface area contributed by atoms with Crippen LogP contribution >= 0.6 is 0 Å². The number of allylic oxidation sites excluding steroid dienone is 2. The Morgan fingerprint density at radius 3 is 2.22 bits per heavy atom. The molecule has 0 bridgehead atoms. The van der Waals surface area contributed by atoms with E-state index in [4.69, 9.17) is 9.47 Å². The van der Waals surface area contributed by atoms with Crippen LogP contribution in [0.5, 0.6) is 0 Å². The number of carboxylic acids is 1. The fourth-order valence-corrected chi connectivity index (χ4v) is 12.2. The van der Waals surface area contributed by atoms with Gasteiger partial charge in [-0.05, 0) is 97.2 Å². The number of fused-ring (bicyclic) bond motifs is 7. The average Bonchev–Trinajstić information content (AvgIpc) is 3.00. The topological polar surface area (TPSA) is 177 Å². The molecule has 0 aromatic heterocycles. The predicted octanol–water partition coefficient (Wildman–Crippen LogP) is 3.00. The maximum absolute atomic E-state index is 13.4. The average molecular weight is 651 g/mol. The van der Waals surface area contributed by atoms with Gasteiger partial charge in [0.05, 0.1) is 30.8 Å². The highest BCUT2D eigenvalue weighted by Crippen LogP contribution is 2.76. The van der Waals surface area contributed by atoms with E-state index in [2.05, 4.69) is 47.6 Å². The Labute approximate surface area is 273 Å². The zero-order chi connectivity index (χ0) is 33.8. The Morgan fingerprint density at radius 2 is 1.59 bits per heavy atom. The van der Waals surface area contributed by atoms with Crippen LogP contribution in [0.25, 0.3) is 0 Å². The molecule has 0 unspecified atom stereocenters. The monoisotopic (exact) mass is 650 g/mol. The first-order valence-electron chi connectivity index (χ1n) is 17.5. The van der Waals surface area contributed by atoms with Crippen molar-refractivity contribution in [1.29, 1.82) is 0 Å². The first-order valence-corrected chi connectivity index (χ1v) is 17.5. The summed E-state index contributed by atoms with van der Waals surface area (Å²) in [6.45, 7) is 12.8. The Balaban J connectivity index is 1.33. The van der Waals surface area contributed by atoms with Gasteiger partial charge in [0.2, 0.25) is 0 Å². The van der Waals surface area contributed by atoms with Gasteiger partial charge in [-0.15, -0.1) is 0 Å². The fraction of sp³-hybridized carbons (Fsp3) is 0.917. The van der Waals surface area contributed by atoms with Crippen molar-refractivity contribution < 1.29 is 50.0 Å². The van der Waals surface area contributed by atoms with Gasteiger partial charge in [0.1, 0.15) is 24.4 Å². The highest BCUT2D eigenvalue weighted by atomic mass is 16.7. The molecule has 15 atom stereocenters. The van der Waals surface area contributed by atoms with Crippen molar-refractivity contribution in [2.24, 2.45) is 50.2 Å². The molecular formula is C36H58O10. The summed E-state index contributed by atoms with van der Waals surface area (Å²) in [5.74, 6) is -0.489. The molecule has 6 rings (SSSR count). The number of carboxylic acid groups (broad SMARTS) is 1. The van der Waals surface area contributed by atoms with Crippen LogP contribution in [0.3, 0.4) is 0 Å². The number of aliphatic hydroxyl groups is 6. The number of rotatable bonds is 5. The zero-order valence-corrected chi connectivity index (χ0v) is 28.5. The minimum absolute atomic E-state index is 0.0269. The maximum Gasteiger partial charge on any atom is 0.310 e. The summed E-state index contributed by atoms with van der Waals surface area (Å²) >= 11 is 0. The normalized spacial score (nSPS) is 54.8.